The maximum Gasteiger partial charge on any atom is 0.303 e. The number of carboxylic acids is 1. The van der Waals surface area contributed by atoms with Crippen LogP contribution in [0.5, 0.6) is 0 Å². The Morgan fingerprint density at radius 2 is 1.53 bits per heavy atom. The summed E-state index contributed by atoms with van der Waals surface area (Å²) < 4.78 is 0. The van der Waals surface area contributed by atoms with Crippen molar-refractivity contribution in [1.29, 1.82) is 0 Å². The maximum atomic E-state index is 10.9. The van der Waals surface area contributed by atoms with E-state index in [1.165, 1.54) is 6.92 Å². The molecule has 1 aliphatic rings. The summed E-state index contributed by atoms with van der Waals surface area (Å²) in [5, 5.41) is 10.2. The van der Waals surface area contributed by atoms with Crippen LogP contribution in [0.25, 0.3) is 0 Å². The van der Waals surface area contributed by atoms with Crippen LogP contribution in [0.2, 0.25) is 0 Å². The highest BCUT2D eigenvalue weighted by Crippen LogP contribution is 2.13. The Labute approximate surface area is 109 Å². The lowest BCUT2D eigenvalue weighted by atomic mass is 10.1. The molecule has 2 N–H and O–H groups in total. The molecule has 2 rings (SSSR count). The molecule has 100 valence electrons. The van der Waals surface area contributed by atoms with Crippen LogP contribution in [0.1, 0.15) is 40.5 Å². The summed E-state index contributed by atoms with van der Waals surface area (Å²) in [5.41, 5.74) is 0.940. The normalized spacial score (nSPS) is 12.1. The molecule has 2 amide bonds. The molecule has 0 fully saturated rings. The van der Waals surface area contributed by atoms with E-state index in [1.807, 2.05) is 0 Å². The number of rotatable bonds is 3. The highest BCUT2D eigenvalue weighted by atomic mass is 16.4. The first-order valence-corrected chi connectivity index (χ1v) is 5.57. The van der Waals surface area contributed by atoms with Gasteiger partial charge in [0.15, 0.2) is 0 Å². The average molecular weight is 263 g/mol. The molecule has 0 saturated heterocycles. The van der Waals surface area contributed by atoms with Crippen molar-refractivity contribution in [3.63, 3.8) is 0 Å². The van der Waals surface area contributed by atoms with Crippen LogP contribution in [-0.2, 0) is 9.59 Å². The molecule has 0 unspecified atom stereocenters. The van der Waals surface area contributed by atoms with Crippen molar-refractivity contribution in [1.82, 2.24) is 5.32 Å². The number of carbonyl (C=O) groups is 4. The number of carbonyl (C=O) groups excluding carboxylic acids is 3. The number of ketones is 1. The summed E-state index contributed by atoms with van der Waals surface area (Å²) in [6.07, 6.45) is 0.102. The third kappa shape index (κ3) is 4.34. The fourth-order valence-corrected chi connectivity index (χ4v) is 1.40. The number of carboxylic acid groups (broad SMARTS) is 1. The van der Waals surface area contributed by atoms with E-state index in [9.17, 15) is 19.2 Å². The van der Waals surface area contributed by atoms with Crippen LogP contribution in [0, 0.1) is 0 Å². The van der Waals surface area contributed by atoms with Gasteiger partial charge in [-0.1, -0.05) is 12.1 Å². The number of hydrogen-bond acceptors (Lipinski definition) is 4. The number of nitrogens with one attached hydrogen (secondary N) is 1. The Balaban J connectivity index is 0.000000203. The Morgan fingerprint density at radius 1 is 1.05 bits per heavy atom. The molecular weight excluding hydrogens is 250 g/mol. The highest BCUT2D eigenvalue weighted by molar-refractivity contribution is 6.21. The Hall–Kier alpha value is -2.50. The van der Waals surface area contributed by atoms with Crippen molar-refractivity contribution in [2.75, 3.05) is 0 Å². The van der Waals surface area contributed by atoms with Crippen LogP contribution in [0.15, 0.2) is 24.3 Å². The largest absolute Gasteiger partial charge is 0.481 e. The maximum absolute atomic E-state index is 10.9. The lowest BCUT2D eigenvalue weighted by molar-refractivity contribution is -0.138. The average Bonchev–Trinajstić information content (AvgIpc) is 2.64. The van der Waals surface area contributed by atoms with Gasteiger partial charge < -0.3 is 9.90 Å². The van der Waals surface area contributed by atoms with Gasteiger partial charge in [-0.25, -0.2) is 0 Å². The van der Waals surface area contributed by atoms with Gasteiger partial charge in [-0.15, -0.1) is 0 Å². The minimum atomic E-state index is -0.916. The number of imide groups is 1. The van der Waals surface area contributed by atoms with Crippen molar-refractivity contribution in [3.8, 4) is 0 Å². The van der Waals surface area contributed by atoms with Crippen molar-refractivity contribution < 1.29 is 24.3 Å². The molecule has 19 heavy (non-hydrogen) atoms. The van der Waals surface area contributed by atoms with Crippen molar-refractivity contribution in [2.45, 2.75) is 19.8 Å². The minimum Gasteiger partial charge on any atom is -0.481 e. The molecule has 0 aliphatic carbocycles. The van der Waals surface area contributed by atoms with Gasteiger partial charge in [0.25, 0.3) is 11.8 Å². The van der Waals surface area contributed by atoms with Gasteiger partial charge in [-0.3, -0.25) is 19.7 Å². The van der Waals surface area contributed by atoms with E-state index in [1.54, 1.807) is 24.3 Å². The predicted octanol–water partition coefficient (Wildman–Crippen LogP) is 1.01. The first kappa shape index (κ1) is 14.6. The molecule has 6 heteroatoms. The lowest BCUT2D eigenvalue weighted by Crippen LogP contribution is -2.19. The van der Waals surface area contributed by atoms with E-state index in [4.69, 9.17) is 5.11 Å². The van der Waals surface area contributed by atoms with Crippen molar-refractivity contribution in [2.24, 2.45) is 0 Å². The van der Waals surface area contributed by atoms with Crippen LogP contribution in [0.3, 0.4) is 0 Å². The van der Waals surface area contributed by atoms with Crippen LogP contribution < -0.4 is 5.32 Å². The monoisotopic (exact) mass is 263 g/mol. The van der Waals surface area contributed by atoms with Gasteiger partial charge in [0.2, 0.25) is 0 Å². The summed E-state index contributed by atoms with van der Waals surface area (Å²) in [7, 11) is 0. The molecule has 1 aliphatic heterocycles. The first-order valence-electron chi connectivity index (χ1n) is 5.57. The zero-order valence-electron chi connectivity index (χ0n) is 10.3. The number of hydrogen-bond donors (Lipinski definition) is 2. The number of amides is 2. The molecule has 0 bridgehead atoms. The van der Waals surface area contributed by atoms with E-state index < -0.39 is 5.97 Å². The fourth-order valence-electron chi connectivity index (χ4n) is 1.40. The van der Waals surface area contributed by atoms with E-state index in [0.29, 0.717) is 11.1 Å². The second-order valence-corrected chi connectivity index (χ2v) is 3.92. The van der Waals surface area contributed by atoms with Gasteiger partial charge in [0.1, 0.15) is 5.78 Å². The Bertz CT molecular complexity index is 489. The lowest BCUT2D eigenvalue weighted by Gasteiger charge is -1.88. The highest BCUT2D eigenvalue weighted by Gasteiger charge is 2.25. The summed E-state index contributed by atoms with van der Waals surface area (Å²) in [6, 6.07) is 6.74. The number of aliphatic carboxylic acids is 1. The predicted molar refractivity (Wildman–Crippen MR) is 65.8 cm³/mol. The molecule has 1 heterocycles. The van der Waals surface area contributed by atoms with Crippen LogP contribution in [0.4, 0.5) is 0 Å². The summed E-state index contributed by atoms with van der Waals surface area (Å²) >= 11 is 0. The molecular formula is C13H13NO5. The molecule has 1 aromatic carbocycles. The summed E-state index contributed by atoms with van der Waals surface area (Å²) in [6.45, 7) is 1.38. The van der Waals surface area contributed by atoms with Gasteiger partial charge in [0.05, 0.1) is 17.5 Å². The molecule has 1 aromatic rings. The zero-order valence-corrected chi connectivity index (χ0v) is 10.3. The Kier molecular flexibility index (Phi) is 4.93. The topological polar surface area (TPSA) is 101 Å². The Morgan fingerprint density at radius 3 is 1.84 bits per heavy atom. The third-order valence-corrected chi connectivity index (χ3v) is 2.33. The quantitative estimate of drug-likeness (QED) is 0.792. The molecule has 0 atom stereocenters. The van der Waals surface area contributed by atoms with Crippen molar-refractivity contribution >= 4 is 23.6 Å². The summed E-state index contributed by atoms with van der Waals surface area (Å²) in [4.78, 5) is 41.7. The molecule has 0 spiro atoms. The number of Topliss-reactive ketones (excluding diaryl/α,β-unsaturated/α-hetero) is 1. The standard InChI is InChI=1S/C8H5NO2.C5H8O3/c10-7-5-3-1-2-4-6(5)8(11)9-7;1-4(6)2-3-5(7)8/h1-4H,(H,9,10,11);2-3H2,1H3,(H,7,8). The van der Waals surface area contributed by atoms with Crippen LogP contribution in [-0.4, -0.2) is 28.7 Å². The minimum absolute atomic E-state index is 0.0463. The van der Waals surface area contributed by atoms with Gasteiger partial charge >= 0.3 is 5.97 Å². The van der Waals surface area contributed by atoms with E-state index >= 15 is 0 Å². The molecule has 0 radical (unpaired) electrons. The van der Waals surface area contributed by atoms with E-state index in [0.717, 1.165) is 0 Å². The third-order valence-electron chi connectivity index (χ3n) is 2.33. The molecule has 0 aromatic heterocycles. The molecule has 0 saturated carbocycles. The van der Waals surface area contributed by atoms with Crippen molar-refractivity contribution in [3.05, 3.63) is 35.4 Å². The van der Waals surface area contributed by atoms with E-state index in [-0.39, 0.29) is 30.4 Å². The van der Waals surface area contributed by atoms with Gasteiger partial charge in [-0.2, -0.15) is 0 Å². The molecule has 6 nitrogen and oxygen atoms in total. The first-order chi connectivity index (χ1) is 8.91. The smallest absolute Gasteiger partial charge is 0.303 e. The van der Waals surface area contributed by atoms with E-state index in [2.05, 4.69) is 5.32 Å². The second-order valence-electron chi connectivity index (χ2n) is 3.92. The number of fused-ring (bicyclic) bond motifs is 1. The van der Waals surface area contributed by atoms with Gasteiger partial charge in [0, 0.05) is 6.42 Å². The zero-order chi connectivity index (χ0) is 14.4. The van der Waals surface area contributed by atoms with Gasteiger partial charge in [-0.05, 0) is 19.1 Å². The fraction of sp³-hybridized carbons (Fsp3) is 0.231. The summed E-state index contributed by atoms with van der Waals surface area (Å²) in [5.74, 6) is -1.59. The number of benzene rings is 1. The second kappa shape index (κ2) is 6.44. The van der Waals surface area contributed by atoms with Crippen LogP contribution >= 0.6 is 0 Å². The SMILES string of the molecule is CC(=O)CCC(=O)O.O=C1NC(=O)c2ccccc21.